The Hall–Kier alpha value is -1.29. The first-order chi connectivity index (χ1) is 7.51. The first kappa shape index (κ1) is 12.8. The molecule has 0 fully saturated rings. The number of phenolic OH excluding ortho intramolecular Hbond substituents is 1. The van der Waals surface area contributed by atoms with Crippen molar-refractivity contribution in [3.05, 3.63) is 22.2 Å². The van der Waals surface area contributed by atoms with E-state index in [9.17, 15) is 15.3 Å². The molecule has 0 saturated heterocycles. The Morgan fingerprint density at radius 3 is 2.56 bits per heavy atom. The summed E-state index contributed by atoms with van der Waals surface area (Å²) in [5.41, 5.74) is 0.274. The second-order valence-electron chi connectivity index (χ2n) is 3.07. The van der Waals surface area contributed by atoms with Crippen molar-refractivity contribution >= 4 is 15.9 Å². The Kier molecular flexibility index (Phi) is 4.12. The molecule has 0 amide bonds. The highest BCUT2D eigenvalue weighted by atomic mass is 79.9. The average molecular weight is 288 g/mol. The van der Waals surface area contributed by atoms with E-state index in [2.05, 4.69) is 15.9 Å². The monoisotopic (exact) mass is 287 g/mol. The third kappa shape index (κ3) is 2.44. The summed E-state index contributed by atoms with van der Waals surface area (Å²) < 4.78 is 5.19. The van der Waals surface area contributed by atoms with E-state index in [0.717, 1.165) is 0 Å². The number of nitrogens with zero attached hydrogens (tertiary/aromatic N) is 1. The van der Waals surface area contributed by atoms with Gasteiger partial charge in [0, 0.05) is 0 Å². The number of aliphatic hydroxyl groups is 2. The highest BCUT2D eigenvalue weighted by Gasteiger charge is 2.20. The number of hydrogen-bond acceptors (Lipinski definition) is 5. The molecule has 16 heavy (non-hydrogen) atoms. The molecule has 86 valence electrons. The second-order valence-corrected chi connectivity index (χ2v) is 3.93. The van der Waals surface area contributed by atoms with E-state index in [1.807, 2.05) is 0 Å². The average Bonchev–Trinajstić information content (AvgIpc) is 2.30. The van der Waals surface area contributed by atoms with Gasteiger partial charge in [0.1, 0.15) is 6.10 Å². The van der Waals surface area contributed by atoms with Gasteiger partial charge >= 0.3 is 0 Å². The lowest BCUT2D eigenvalue weighted by molar-refractivity contribution is 0.0526. The van der Waals surface area contributed by atoms with E-state index < -0.39 is 12.2 Å². The van der Waals surface area contributed by atoms with E-state index in [1.54, 1.807) is 0 Å². The lowest BCUT2D eigenvalue weighted by atomic mass is 10.0. The lowest BCUT2D eigenvalue weighted by Gasteiger charge is -2.14. The number of nitriles is 1. The lowest BCUT2D eigenvalue weighted by Crippen LogP contribution is -2.15. The predicted molar refractivity (Wildman–Crippen MR) is 58.9 cm³/mol. The number of ether oxygens (including phenoxy) is 1. The van der Waals surface area contributed by atoms with Crippen LogP contribution in [0.3, 0.4) is 0 Å². The van der Waals surface area contributed by atoms with E-state index in [4.69, 9.17) is 10.00 Å². The van der Waals surface area contributed by atoms with Gasteiger partial charge in [0.15, 0.2) is 17.6 Å². The topological polar surface area (TPSA) is 93.7 Å². The van der Waals surface area contributed by atoms with Crippen LogP contribution in [0.1, 0.15) is 11.7 Å². The first-order valence-corrected chi connectivity index (χ1v) is 5.12. The Morgan fingerprint density at radius 1 is 1.44 bits per heavy atom. The standard InChI is InChI=1S/C10H10BrNO4/c1-16-8-3-5(2-6(11)10(8)15)9(14)7(13)4-12/h2-3,7,9,13-15H,1H3. The minimum Gasteiger partial charge on any atom is -0.503 e. The summed E-state index contributed by atoms with van der Waals surface area (Å²) in [7, 11) is 1.36. The van der Waals surface area contributed by atoms with Crippen molar-refractivity contribution in [3.63, 3.8) is 0 Å². The van der Waals surface area contributed by atoms with Crippen LogP contribution in [-0.2, 0) is 0 Å². The van der Waals surface area contributed by atoms with Crippen LogP contribution < -0.4 is 4.74 Å². The van der Waals surface area contributed by atoms with E-state index in [1.165, 1.54) is 25.3 Å². The van der Waals surface area contributed by atoms with Crippen LogP contribution in [-0.4, -0.2) is 28.5 Å². The van der Waals surface area contributed by atoms with E-state index >= 15 is 0 Å². The Bertz CT molecular complexity index is 430. The van der Waals surface area contributed by atoms with Crippen LogP contribution in [0.2, 0.25) is 0 Å². The van der Waals surface area contributed by atoms with E-state index in [-0.39, 0.29) is 17.1 Å². The van der Waals surface area contributed by atoms with Crippen LogP contribution in [0, 0.1) is 11.3 Å². The summed E-state index contributed by atoms with van der Waals surface area (Å²) in [5.74, 6) is 0.0402. The van der Waals surface area contributed by atoms with Gasteiger partial charge in [-0.05, 0) is 33.6 Å². The third-order valence-corrected chi connectivity index (χ3v) is 2.65. The molecule has 0 aliphatic heterocycles. The maximum absolute atomic E-state index is 9.59. The van der Waals surface area contributed by atoms with Crippen molar-refractivity contribution in [3.8, 4) is 17.6 Å². The molecule has 0 spiro atoms. The number of aliphatic hydroxyl groups excluding tert-OH is 2. The van der Waals surface area contributed by atoms with Crippen molar-refractivity contribution in [1.82, 2.24) is 0 Å². The normalized spacial score (nSPS) is 13.9. The quantitative estimate of drug-likeness (QED) is 0.724. The van der Waals surface area contributed by atoms with Gasteiger partial charge in [-0.25, -0.2) is 0 Å². The molecule has 2 unspecified atom stereocenters. The van der Waals surface area contributed by atoms with Gasteiger partial charge in [-0.3, -0.25) is 0 Å². The summed E-state index contributed by atoms with van der Waals surface area (Å²) in [5, 5.41) is 36.8. The van der Waals surface area contributed by atoms with Crippen molar-refractivity contribution in [2.45, 2.75) is 12.2 Å². The SMILES string of the molecule is COc1cc(C(O)C(O)C#N)cc(Br)c1O. The molecule has 0 saturated carbocycles. The van der Waals surface area contributed by atoms with E-state index in [0.29, 0.717) is 4.47 Å². The summed E-state index contributed by atoms with van der Waals surface area (Å²) in [6.07, 6.45) is -2.88. The fourth-order valence-corrected chi connectivity index (χ4v) is 1.63. The van der Waals surface area contributed by atoms with Gasteiger partial charge in [0.05, 0.1) is 17.7 Å². The van der Waals surface area contributed by atoms with Gasteiger partial charge in [0.2, 0.25) is 0 Å². The smallest absolute Gasteiger partial charge is 0.172 e. The highest BCUT2D eigenvalue weighted by Crippen LogP contribution is 2.37. The Balaban J connectivity index is 3.17. The first-order valence-electron chi connectivity index (χ1n) is 4.33. The maximum atomic E-state index is 9.59. The number of hydrogen-bond donors (Lipinski definition) is 3. The predicted octanol–water partition coefficient (Wildman–Crippen LogP) is 1.08. The second kappa shape index (κ2) is 5.16. The molecular formula is C10H10BrNO4. The summed E-state index contributed by atoms with van der Waals surface area (Å²) in [6.45, 7) is 0. The molecule has 2 atom stereocenters. The Labute approximate surface area is 101 Å². The molecule has 3 N–H and O–H groups in total. The minimum absolute atomic E-state index is 0.107. The van der Waals surface area contributed by atoms with Crippen LogP contribution >= 0.6 is 15.9 Å². The molecule has 0 aromatic heterocycles. The largest absolute Gasteiger partial charge is 0.503 e. The fourth-order valence-electron chi connectivity index (χ4n) is 1.17. The molecule has 0 heterocycles. The number of aromatic hydroxyl groups is 1. The molecule has 1 rings (SSSR count). The van der Waals surface area contributed by atoms with Crippen LogP contribution in [0.4, 0.5) is 0 Å². The summed E-state index contributed by atoms with van der Waals surface area (Å²) >= 11 is 3.07. The van der Waals surface area contributed by atoms with Crippen molar-refractivity contribution in [2.24, 2.45) is 0 Å². The van der Waals surface area contributed by atoms with Crippen LogP contribution in [0.5, 0.6) is 11.5 Å². The minimum atomic E-state index is -1.53. The molecule has 1 aromatic carbocycles. The molecule has 1 aromatic rings. The number of phenols is 1. The summed E-state index contributed by atoms with van der Waals surface area (Å²) in [4.78, 5) is 0. The molecule has 6 heteroatoms. The van der Waals surface area contributed by atoms with Crippen LogP contribution in [0.15, 0.2) is 16.6 Å². The number of rotatable bonds is 3. The highest BCUT2D eigenvalue weighted by molar-refractivity contribution is 9.10. The molecular weight excluding hydrogens is 278 g/mol. The van der Waals surface area contributed by atoms with Crippen molar-refractivity contribution < 1.29 is 20.1 Å². The van der Waals surface area contributed by atoms with Gasteiger partial charge in [-0.15, -0.1) is 0 Å². The molecule has 0 radical (unpaired) electrons. The maximum Gasteiger partial charge on any atom is 0.172 e. The number of halogens is 1. The van der Waals surface area contributed by atoms with Gasteiger partial charge in [0.25, 0.3) is 0 Å². The van der Waals surface area contributed by atoms with Gasteiger partial charge < -0.3 is 20.1 Å². The van der Waals surface area contributed by atoms with Gasteiger partial charge in [-0.1, -0.05) is 0 Å². The third-order valence-electron chi connectivity index (χ3n) is 2.04. The van der Waals surface area contributed by atoms with Gasteiger partial charge in [-0.2, -0.15) is 5.26 Å². The summed E-state index contributed by atoms with van der Waals surface area (Å²) in [6, 6.07) is 4.28. The zero-order valence-corrected chi connectivity index (χ0v) is 9.97. The Morgan fingerprint density at radius 2 is 2.06 bits per heavy atom. The zero-order chi connectivity index (χ0) is 12.3. The molecule has 5 nitrogen and oxygen atoms in total. The van der Waals surface area contributed by atoms with Crippen molar-refractivity contribution in [2.75, 3.05) is 7.11 Å². The fraction of sp³-hybridized carbons (Fsp3) is 0.300. The van der Waals surface area contributed by atoms with Crippen molar-refractivity contribution in [1.29, 1.82) is 5.26 Å². The molecule has 0 aliphatic rings. The van der Waals surface area contributed by atoms with Crippen LogP contribution in [0.25, 0.3) is 0 Å². The molecule has 0 aliphatic carbocycles. The number of benzene rings is 1. The number of methoxy groups -OCH3 is 1. The zero-order valence-electron chi connectivity index (χ0n) is 8.38. The molecule has 0 bridgehead atoms.